The van der Waals surface area contributed by atoms with E-state index in [0.717, 1.165) is 6.42 Å². The summed E-state index contributed by atoms with van der Waals surface area (Å²) in [6, 6.07) is 0. The third-order valence-corrected chi connectivity index (χ3v) is 0.224. The largest absolute Gasteiger partial charge is 4.00 e. The van der Waals surface area contributed by atoms with Crippen molar-refractivity contribution in [2.75, 3.05) is 35.0 Å². The molecule has 0 heterocycles. The van der Waals surface area contributed by atoms with Crippen LogP contribution in [0.1, 0.15) is 13.3 Å². The fourth-order valence-electron chi connectivity index (χ4n) is 0. The van der Waals surface area contributed by atoms with Crippen molar-refractivity contribution in [1.29, 1.82) is 0 Å². The molecule has 0 aliphatic rings. The minimum Gasteiger partial charge on any atom is -0.557 e. The molecule has 0 saturated carbocycles. The van der Waals surface area contributed by atoms with Crippen molar-refractivity contribution >= 4 is 0 Å². The SMILES string of the molecule is CCCO.[CH2-]OC.[CH2-]OC.[CH2-]OC.[CH2-]OC.[Hf+4]. The van der Waals surface area contributed by atoms with Gasteiger partial charge in [0.15, 0.2) is 0 Å². The van der Waals surface area contributed by atoms with E-state index < -0.39 is 0 Å². The Morgan fingerprint density at radius 1 is 0.765 bits per heavy atom. The smallest absolute Gasteiger partial charge is 0.557 e. The Kier molecular flexibility index (Phi) is 195. The van der Waals surface area contributed by atoms with Gasteiger partial charge in [0.1, 0.15) is 0 Å². The molecule has 0 rings (SSSR count). The molecule has 0 spiro atoms. The molecule has 5 nitrogen and oxygen atoms in total. The minimum atomic E-state index is 0. The van der Waals surface area contributed by atoms with Crippen molar-refractivity contribution in [1.82, 2.24) is 0 Å². The van der Waals surface area contributed by atoms with Crippen LogP contribution in [0.4, 0.5) is 0 Å². The molecular formula is C11H28HfO5. The molecule has 0 aromatic rings. The van der Waals surface area contributed by atoms with Crippen LogP contribution < -0.4 is 0 Å². The number of hydrogen-bond acceptors (Lipinski definition) is 5. The van der Waals surface area contributed by atoms with Crippen LogP contribution in [0.5, 0.6) is 0 Å². The summed E-state index contributed by atoms with van der Waals surface area (Å²) in [6.45, 7) is 2.25. The third-order valence-electron chi connectivity index (χ3n) is 0.224. The first-order valence-corrected chi connectivity index (χ1v) is 4.31. The average molecular weight is 419 g/mol. The van der Waals surface area contributed by atoms with Gasteiger partial charge in [0, 0.05) is 6.61 Å². The number of ether oxygens (including phenoxy) is 4. The molecule has 0 saturated heterocycles. The van der Waals surface area contributed by atoms with Crippen molar-refractivity contribution in [3.63, 3.8) is 0 Å². The Labute approximate surface area is 127 Å². The zero-order valence-electron chi connectivity index (χ0n) is 11.8. The van der Waals surface area contributed by atoms with Gasteiger partial charge in [-0.05, 0) is 34.9 Å². The molecule has 0 atom stereocenters. The van der Waals surface area contributed by atoms with E-state index in [1.807, 2.05) is 6.92 Å². The van der Waals surface area contributed by atoms with Gasteiger partial charge in [-0.15, -0.1) is 0 Å². The van der Waals surface area contributed by atoms with Crippen LogP contribution in [-0.4, -0.2) is 40.2 Å². The quantitative estimate of drug-likeness (QED) is 0.522. The zero-order valence-corrected chi connectivity index (χ0v) is 15.4. The summed E-state index contributed by atoms with van der Waals surface area (Å²) in [5, 5.41) is 7.88. The molecule has 6 heteroatoms. The molecule has 0 unspecified atom stereocenters. The van der Waals surface area contributed by atoms with Gasteiger partial charge >= 0.3 is 25.8 Å². The first-order valence-electron chi connectivity index (χ1n) is 4.31. The number of aliphatic hydroxyl groups excluding tert-OH is 1. The van der Waals surface area contributed by atoms with Gasteiger partial charge < -0.3 is 24.1 Å². The van der Waals surface area contributed by atoms with E-state index in [1.54, 1.807) is 0 Å². The van der Waals surface area contributed by atoms with Gasteiger partial charge in [0.2, 0.25) is 0 Å². The van der Waals surface area contributed by atoms with Crippen LogP contribution in [0.15, 0.2) is 0 Å². The number of aliphatic hydroxyl groups is 1. The molecule has 0 bridgehead atoms. The van der Waals surface area contributed by atoms with Gasteiger partial charge in [-0.3, -0.25) is 0 Å². The first kappa shape index (κ1) is 36.1. The Morgan fingerprint density at radius 2 is 0.824 bits per heavy atom. The molecule has 106 valence electrons. The first-order chi connectivity index (χ1) is 7.57. The summed E-state index contributed by atoms with van der Waals surface area (Å²) in [4.78, 5) is 0. The maximum atomic E-state index is 7.88. The summed E-state index contributed by atoms with van der Waals surface area (Å²) < 4.78 is 16.0. The van der Waals surface area contributed by atoms with Crippen LogP contribution in [0.3, 0.4) is 0 Å². The Balaban J connectivity index is -0.0000000221. The van der Waals surface area contributed by atoms with E-state index in [4.69, 9.17) is 5.11 Å². The second-order valence-corrected chi connectivity index (χ2v) is 1.88. The molecule has 0 amide bonds. The molecule has 0 fully saturated rings. The van der Waals surface area contributed by atoms with E-state index in [9.17, 15) is 0 Å². The van der Waals surface area contributed by atoms with Gasteiger partial charge in [0.25, 0.3) is 0 Å². The van der Waals surface area contributed by atoms with Crippen LogP contribution >= 0.6 is 0 Å². The number of methoxy groups -OCH3 is 4. The van der Waals surface area contributed by atoms with E-state index in [1.165, 1.54) is 28.4 Å². The van der Waals surface area contributed by atoms with Gasteiger partial charge in [0.05, 0.1) is 0 Å². The minimum absolute atomic E-state index is 0. The fourth-order valence-corrected chi connectivity index (χ4v) is 0. The maximum absolute atomic E-state index is 7.88. The van der Waals surface area contributed by atoms with Gasteiger partial charge in [-0.25, -0.2) is 28.4 Å². The summed E-state index contributed by atoms with van der Waals surface area (Å²) in [6.07, 6.45) is 0.875. The molecule has 0 aromatic heterocycles. The van der Waals surface area contributed by atoms with E-state index in [0.29, 0.717) is 6.61 Å². The predicted molar refractivity (Wildman–Crippen MR) is 66.8 cm³/mol. The number of rotatable bonds is 1. The Hall–Kier alpha value is 0.670. The molecule has 17 heavy (non-hydrogen) atoms. The summed E-state index contributed by atoms with van der Waals surface area (Å²) >= 11 is 0. The summed E-state index contributed by atoms with van der Waals surface area (Å²) in [5.74, 6) is 0. The van der Waals surface area contributed by atoms with Crippen molar-refractivity contribution < 1.29 is 49.9 Å². The topological polar surface area (TPSA) is 57.2 Å². The normalized spacial score (nSPS) is 6.00. The second kappa shape index (κ2) is 92.0. The molecule has 0 radical (unpaired) electrons. The maximum Gasteiger partial charge on any atom is 4.00 e. The Bertz CT molecular complexity index is 40.8. The van der Waals surface area contributed by atoms with E-state index in [-0.39, 0.29) is 25.8 Å². The van der Waals surface area contributed by atoms with Crippen LogP contribution in [0.2, 0.25) is 0 Å². The zero-order chi connectivity index (χ0) is 14.2. The fraction of sp³-hybridized carbons (Fsp3) is 0.636. The van der Waals surface area contributed by atoms with E-state index in [2.05, 4.69) is 47.4 Å². The Morgan fingerprint density at radius 3 is 0.824 bits per heavy atom. The van der Waals surface area contributed by atoms with Crippen LogP contribution in [0, 0.1) is 28.4 Å². The summed E-state index contributed by atoms with van der Waals surface area (Å²) in [5.41, 5.74) is 0. The molecular weight excluding hydrogens is 391 g/mol. The number of hydrogen-bond donors (Lipinski definition) is 1. The molecule has 0 aliphatic heterocycles. The van der Waals surface area contributed by atoms with Gasteiger partial charge in [-0.1, -0.05) is 6.92 Å². The standard InChI is InChI=1S/C3H8O.4C2H5O.Hf/c1-2-3-4;4*1-3-2;/h4H,2-3H2,1H3;4*1H2,2H3;/q;4*-1;+4. The monoisotopic (exact) mass is 420 g/mol. The molecule has 0 aliphatic carbocycles. The van der Waals surface area contributed by atoms with Crippen molar-refractivity contribution in [3.8, 4) is 0 Å². The van der Waals surface area contributed by atoms with Gasteiger partial charge in [-0.2, -0.15) is 0 Å². The third kappa shape index (κ3) is 1290. The predicted octanol–water partition coefficient (Wildman–Crippen LogP) is 2.08. The van der Waals surface area contributed by atoms with Crippen molar-refractivity contribution in [2.24, 2.45) is 0 Å². The summed E-state index contributed by atoms with van der Waals surface area (Å²) in [7, 11) is 18.0. The van der Waals surface area contributed by atoms with E-state index >= 15 is 0 Å². The van der Waals surface area contributed by atoms with Crippen LogP contribution in [0.25, 0.3) is 0 Å². The van der Waals surface area contributed by atoms with Crippen molar-refractivity contribution in [2.45, 2.75) is 13.3 Å². The molecule has 1 N–H and O–H groups in total. The second-order valence-electron chi connectivity index (χ2n) is 1.88. The average Bonchev–Trinajstić information content (AvgIpc) is 2.22. The molecule has 0 aromatic carbocycles. The van der Waals surface area contributed by atoms with Crippen LogP contribution in [-0.2, 0) is 44.8 Å². The van der Waals surface area contributed by atoms with Crippen molar-refractivity contribution in [3.05, 3.63) is 28.4 Å².